The van der Waals surface area contributed by atoms with Crippen LogP contribution in [-0.2, 0) is 4.79 Å². The summed E-state index contributed by atoms with van der Waals surface area (Å²) >= 11 is 0. The highest BCUT2D eigenvalue weighted by Gasteiger charge is 2.16. The minimum atomic E-state index is -0.916. The van der Waals surface area contributed by atoms with E-state index in [1.165, 1.54) is 56.3 Å². The summed E-state index contributed by atoms with van der Waals surface area (Å²) in [6.07, 6.45) is 6.96. The Balaban J connectivity index is 0. The first-order valence-corrected chi connectivity index (χ1v) is 8.56. The van der Waals surface area contributed by atoms with Crippen LogP contribution >= 0.6 is 0 Å². The Morgan fingerprint density at radius 3 is 1.45 bits per heavy atom. The number of unbranched alkanes of at least 4 members (excludes halogenated alkanes) is 5. The molecule has 0 N–H and O–H groups in total. The molecule has 0 fully saturated rings. The molecule has 0 aliphatic carbocycles. The van der Waals surface area contributed by atoms with Gasteiger partial charge in [-0.15, -0.1) is 0 Å². The van der Waals surface area contributed by atoms with E-state index < -0.39 is 5.97 Å². The molecule has 0 aromatic rings. The van der Waals surface area contributed by atoms with Crippen molar-refractivity contribution >= 4 is 5.97 Å². The van der Waals surface area contributed by atoms with Crippen molar-refractivity contribution in [2.45, 2.75) is 79.6 Å². The van der Waals surface area contributed by atoms with Gasteiger partial charge >= 0.3 is 0 Å². The average molecular weight is 287 g/mol. The van der Waals surface area contributed by atoms with Gasteiger partial charge in [-0.1, -0.05) is 39.0 Å². The van der Waals surface area contributed by atoms with Crippen LogP contribution in [0.1, 0.15) is 79.6 Å². The summed E-state index contributed by atoms with van der Waals surface area (Å²) in [7, 11) is 0. The van der Waals surface area contributed by atoms with Crippen molar-refractivity contribution in [3.8, 4) is 0 Å². The van der Waals surface area contributed by atoms with Crippen LogP contribution in [-0.4, -0.2) is 36.6 Å². The monoisotopic (exact) mass is 287 g/mol. The van der Waals surface area contributed by atoms with E-state index in [1.54, 1.807) is 0 Å². The normalized spacial score (nSPS) is 10.8. The second-order valence-corrected chi connectivity index (χ2v) is 5.50. The van der Waals surface area contributed by atoms with Gasteiger partial charge in [-0.05, 0) is 40.5 Å². The number of rotatable bonds is 11. The van der Waals surface area contributed by atoms with Crippen molar-refractivity contribution in [3.63, 3.8) is 0 Å². The molecule has 122 valence electrons. The van der Waals surface area contributed by atoms with E-state index in [4.69, 9.17) is 0 Å². The molecule has 0 unspecified atom stereocenters. The van der Waals surface area contributed by atoms with E-state index in [0.29, 0.717) is 0 Å². The Hall–Kier alpha value is -0.570. The van der Waals surface area contributed by atoms with E-state index in [0.717, 1.165) is 12.8 Å². The molecule has 3 nitrogen and oxygen atoms in total. The van der Waals surface area contributed by atoms with Crippen LogP contribution in [0.15, 0.2) is 0 Å². The lowest BCUT2D eigenvalue weighted by atomic mass is 10.1. The first kappa shape index (κ1) is 21.7. The number of nitrogens with zero attached hydrogens (tertiary/aromatic N) is 1. The summed E-state index contributed by atoms with van der Waals surface area (Å²) in [5.74, 6) is -0.916. The first-order valence-electron chi connectivity index (χ1n) is 8.56. The van der Waals surface area contributed by atoms with Crippen LogP contribution in [0.25, 0.3) is 0 Å². The summed E-state index contributed by atoms with van der Waals surface area (Å²) in [4.78, 5) is 9.98. The molecule has 0 aliphatic heterocycles. The molecule has 3 heteroatoms. The van der Waals surface area contributed by atoms with Crippen LogP contribution < -0.4 is 5.11 Å². The number of quaternary nitrogens is 1. The summed E-state index contributed by atoms with van der Waals surface area (Å²) in [6.45, 7) is 16.4. The van der Waals surface area contributed by atoms with E-state index >= 15 is 0 Å². The predicted molar refractivity (Wildman–Crippen MR) is 85.4 cm³/mol. The maximum absolute atomic E-state index is 9.98. The number of carbonyl (C=O) groups is 1. The van der Waals surface area contributed by atoms with E-state index in [1.807, 2.05) is 0 Å². The number of hydrogen-bond donors (Lipinski definition) is 0. The molecular weight excluding hydrogens is 250 g/mol. The van der Waals surface area contributed by atoms with Crippen molar-refractivity contribution in [2.75, 3.05) is 26.2 Å². The van der Waals surface area contributed by atoms with Crippen molar-refractivity contribution < 1.29 is 14.4 Å². The number of carboxylic acids is 1. The molecule has 0 spiro atoms. The molecule has 0 amide bonds. The average Bonchev–Trinajstić information content (AvgIpc) is 2.46. The van der Waals surface area contributed by atoms with Crippen LogP contribution in [0.5, 0.6) is 0 Å². The maximum Gasteiger partial charge on any atom is 0.0757 e. The van der Waals surface area contributed by atoms with E-state index in [2.05, 4.69) is 34.6 Å². The zero-order valence-corrected chi connectivity index (χ0v) is 14.5. The zero-order valence-electron chi connectivity index (χ0n) is 14.5. The summed E-state index contributed by atoms with van der Waals surface area (Å²) < 4.78 is 1.28. The van der Waals surface area contributed by atoms with Crippen molar-refractivity contribution in [3.05, 3.63) is 0 Å². The molecule has 0 saturated heterocycles. The summed E-state index contributed by atoms with van der Waals surface area (Å²) in [6, 6.07) is 0. The van der Waals surface area contributed by atoms with Gasteiger partial charge in [0, 0.05) is 5.97 Å². The Morgan fingerprint density at radius 2 is 1.15 bits per heavy atom. The lowest BCUT2D eigenvalue weighted by Gasteiger charge is -2.34. The van der Waals surface area contributed by atoms with Crippen molar-refractivity contribution in [1.29, 1.82) is 0 Å². The topological polar surface area (TPSA) is 40.1 Å². The highest BCUT2D eigenvalue weighted by molar-refractivity contribution is 5.63. The van der Waals surface area contributed by atoms with Gasteiger partial charge in [0.05, 0.1) is 26.2 Å². The quantitative estimate of drug-likeness (QED) is 0.432. The Labute approximate surface area is 127 Å². The molecule has 0 aliphatic rings. The fourth-order valence-corrected chi connectivity index (χ4v) is 2.39. The third-order valence-electron chi connectivity index (χ3n) is 4.42. The SMILES string of the molecule is CCCCCCCCC(=O)[O-].CC[N+](CC)(CC)CC. The molecule has 0 saturated carbocycles. The lowest BCUT2D eigenvalue weighted by molar-refractivity contribution is -0.921. The van der Waals surface area contributed by atoms with E-state index in [-0.39, 0.29) is 6.42 Å². The maximum atomic E-state index is 9.98. The predicted octanol–water partition coefficient (Wildman–Crippen LogP) is 3.37. The van der Waals surface area contributed by atoms with Crippen LogP contribution in [0.2, 0.25) is 0 Å². The van der Waals surface area contributed by atoms with Gasteiger partial charge in [-0.2, -0.15) is 0 Å². The number of carboxylic acid groups (broad SMARTS) is 1. The fraction of sp³-hybridized carbons (Fsp3) is 0.941. The third kappa shape index (κ3) is 12.5. The molecule has 20 heavy (non-hydrogen) atoms. The molecule has 0 aromatic carbocycles. The molecule has 0 rings (SSSR count). The van der Waals surface area contributed by atoms with Gasteiger partial charge in [0.15, 0.2) is 0 Å². The van der Waals surface area contributed by atoms with Crippen molar-refractivity contribution in [1.82, 2.24) is 0 Å². The van der Waals surface area contributed by atoms with Crippen molar-refractivity contribution in [2.24, 2.45) is 0 Å². The molecular formula is C17H37NO2. The van der Waals surface area contributed by atoms with Crippen LogP contribution in [0, 0.1) is 0 Å². The molecule has 0 radical (unpaired) electrons. The second kappa shape index (κ2) is 14.8. The first-order chi connectivity index (χ1) is 9.51. The number of carbonyl (C=O) groups excluding carboxylic acids is 1. The Morgan fingerprint density at radius 1 is 0.750 bits per heavy atom. The number of hydrogen-bond acceptors (Lipinski definition) is 2. The molecule has 0 bridgehead atoms. The minimum absolute atomic E-state index is 0.228. The summed E-state index contributed by atoms with van der Waals surface area (Å²) in [5.41, 5.74) is 0. The Bertz CT molecular complexity index is 196. The largest absolute Gasteiger partial charge is 0.550 e. The third-order valence-corrected chi connectivity index (χ3v) is 4.42. The molecule has 0 atom stereocenters. The van der Waals surface area contributed by atoms with Gasteiger partial charge in [0.2, 0.25) is 0 Å². The van der Waals surface area contributed by atoms with Gasteiger partial charge in [0.25, 0.3) is 0 Å². The zero-order chi connectivity index (χ0) is 15.9. The molecule has 0 heterocycles. The number of aliphatic carboxylic acids is 1. The highest BCUT2D eigenvalue weighted by atomic mass is 16.4. The lowest BCUT2D eigenvalue weighted by Crippen LogP contribution is -2.47. The van der Waals surface area contributed by atoms with Crippen LogP contribution in [0.3, 0.4) is 0 Å². The van der Waals surface area contributed by atoms with Gasteiger partial charge < -0.3 is 14.4 Å². The summed E-state index contributed by atoms with van der Waals surface area (Å²) in [5, 5.41) is 9.98. The van der Waals surface area contributed by atoms with Gasteiger partial charge in [0.1, 0.15) is 0 Å². The molecule has 0 aromatic heterocycles. The minimum Gasteiger partial charge on any atom is -0.550 e. The standard InChI is InChI=1S/C9H18O2.C8H20N/c1-2-3-4-5-6-7-8-9(10)11;1-5-9(6-2,7-3)8-4/h2-8H2,1H3,(H,10,11);5-8H2,1-4H3/q;+1/p-1. The smallest absolute Gasteiger partial charge is 0.0757 e. The van der Waals surface area contributed by atoms with Crippen LogP contribution in [0.4, 0.5) is 0 Å². The van der Waals surface area contributed by atoms with E-state index in [9.17, 15) is 9.90 Å². The Kier molecular flexibility index (Phi) is 16.1. The van der Waals surface area contributed by atoms with Gasteiger partial charge in [-0.25, -0.2) is 0 Å². The fourth-order valence-electron chi connectivity index (χ4n) is 2.39. The highest BCUT2D eigenvalue weighted by Crippen LogP contribution is 2.06. The van der Waals surface area contributed by atoms with Gasteiger partial charge in [-0.3, -0.25) is 0 Å². The second-order valence-electron chi connectivity index (χ2n) is 5.50.